The van der Waals surface area contributed by atoms with Crippen LogP contribution in [0.3, 0.4) is 0 Å². The molecule has 0 saturated carbocycles. The van der Waals surface area contributed by atoms with Crippen LogP contribution in [0.2, 0.25) is 0 Å². The highest BCUT2D eigenvalue weighted by molar-refractivity contribution is 5.85. The van der Waals surface area contributed by atoms with Crippen LogP contribution in [0.1, 0.15) is 46.5 Å². The highest BCUT2D eigenvalue weighted by Crippen LogP contribution is 2.08. The van der Waals surface area contributed by atoms with E-state index in [9.17, 15) is 9.59 Å². The first kappa shape index (κ1) is 21.5. The predicted molar refractivity (Wildman–Crippen MR) is 83.3 cm³/mol. The number of likely N-dealkylation sites (N-methyl/N-ethyl adjacent to an activating group) is 1. The first-order valence-corrected chi connectivity index (χ1v) is 7.01. The summed E-state index contributed by atoms with van der Waals surface area (Å²) in [5.74, 6) is -0.177. The van der Waals surface area contributed by atoms with Crippen molar-refractivity contribution in [1.29, 1.82) is 0 Å². The van der Waals surface area contributed by atoms with E-state index in [2.05, 4.69) is 19.2 Å². The third-order valence-electron chi connectivity index (χ3n) is 2.95. The van der Waals surface area contributed by atoms with Crippen molar-refractivity contribution in [1.82, 2.24) is 10.2 Å². The van der Waals surface area contributed by atoms with Gasteiger partial charge in [-0.3, -0.25) is 14.5 Å². The predicted octanol–water partition coefficient (Wildman–Crippen LogP) is 2.15. The van der Waals surface area contributed by atoms with Crippen LogP contribution in [0.4, 0.5) is 0 Å². The van der Waals surface area contributed by atoms with E-state index >= 15 is 0 Å². The molecule has 0 bridgehead atoms. The first-order valence-electron chi connectivity index (χ1n) is 7.01. The number of nitrogens with zero attached hydrogens (tertiary/aromatic N) is 1. The molecule has 2 N–H and O–H groups in total. The Morgan fingerprint density at radius 3 is 2.30 bits per heavy atom. The average molecular weight is 309 g/mol. The zero-order chi connectivity index (χ0) is 14.8. The third kappa shape index (κ3) is 13.6. The molecule has 0 aliphatic rings. The summed E-state index contributed by atoms with van der Waals surface area (Å²) in [6.45, 7) is 7.04. The van der Waals surface area contributed by atoms with Crippen LogP contribution in [0.25, 0.3) is 0 Å². The number of amides is 1. The van der Waals surface area contributed by atoms with Crippen molar-refractivity contribution in [2.45, 2.75) is 52.5 Å². The van der Waals surface area contributed by atoms with Crippen molar-refractivity contribution in [3.8, 4) is 0 Å². The number of carbonyl (C=O) groups is 2. The lowest BCUT2D eigenvalue weighted by molar-refractivity contribution is -0.137. The monoisotopic (exact) mass is 308 g/mol. The maximum atomic E-state index is 11.7. The summed E-state index contributed by atoms with van der Waals surface area (Å²) < 4.78 is 0. The first-order chi connectivity index (χ1) is 8.81. The van der Waals surface area contributed by atoms with Crippen molar-refractivity contribution in [3.05, 3.63) is 0 Å². The summed E-state index contributed by atoms with van der Waals surface area (Å²) in [6.07, 6.45) is 3.35. The van der Waals surface area contributed by atoms with Crippen LogP contribution in [-0.2, 0) is 9.59 Å². The van der Waals surface area contributed by atoms with Crippen molar-refractivity contribution in [2.24, 2.45) is 5.92 Å². The van der Waals surface area contributed by atoms with Gasteiger partial charge in [-0.1, -0.05) is 26.7 Å². The number of hydrogen-bond acceptors (Lipinski definition) is 3. The molecule has 0 rings (SSSR count). The standard InChI is InChI=1S/C14H28N2O3.ClH/c1-11(2)6-5-7-12(3)15-13(17)10-16(4)9-8-14(18)19;/h11-12H,5-10H2,1-4H3,(H,15,17)(H,18,19);1H. The van der Waals surface area contributed by atoms with Crippen LogP contribution in [0.5, 0.6) is 0 Å². The van der Waals surface area contributed by atoms with Crippen LogP contribution < -0.4 is 5.32 Å². The van der Waals surface area contributed by atoms with E-state index in [4.69, 9.17) is 5.11 Å². The Labute approximate surface area is 128 Å². The van der Waals surface area contributed by atoms with Crippen molar-refractivity contribution >= 4 is 24.3 Å². The second kappa shape index (κ2) is 12.0. The van der Waals surface area contributed by atoms with E-state index in [0.29, 0.717) is 12.5 Å². The van der Waals surface area contributed by atoms with Gasteiger partial charge in [-0.25, -0.2) is 0 Å². The Bertz CT molecular complexity index is 286. The van der Waals surface area contributed by atoms with Crippen LogP contribution in [-0.4, -0.2) is 48.1 Å². The quantitative estimate of drug-likeness (QED) is 0.649. The molecular weight excluding hydrogens is 280 g/mol. The van der Waals surface area contributed by atoms with E-state index < -0.39 is 5.97 Å². The number of aliphatic carboxylic acids is 1. The molecule has 0 aromatic carbocycles. The molecule has 0 aliphatic heterocycles. The lowest BCUT2D eigenvalue weighted by atomic mass is 10.0. The Morgan fingerprint density at radius 2 is 1.80 bits per heavy atom. The summed E-state index contributed by atoms with van der Waals surface area (Å²) in [5.41, 5.74) is 0. The molecular formula is C14H29ClN2O3. The molecule has 0 aromatic heterocycles. The summed E-state index contributed by atoms with van der Waals surface area (Å²) in [4.78, 5) is 23.8. The smallest absolute Gasteiger partial charge is 0.304 e. The average Bonchev–Trinajstić information content (AvgIpc) is 2.25. The summed E-state index contributed by atoms with van der Waals surface area (Å²) in [6, 6.07) is 0.180. The SMILES string of the molecule is CC(C)CCCC(C)NC(=O)CN(C)CCC(=O)O.Cl. The van der Waals surface area contributed by atoms with Gasteiger partial charge in [-0.2, -0.15) is 0 Å². The van der Waals surface area contributed by atoms with E-state index in [1.807, 2.05) is 6.92 Å². The molecule has 0 aliphatic carbocycles. The topological polar surface area (TPSA) is 69.6 Å². The van der Waals surface area contributed by atoms with Crippen molar-refractivity contribution in [3.63, 3.8) is 0 Å². The van der Waals surface area contributed by atoms with Crippen LogP contribution in [0.15, 0.2) is 0 Å². The van der Waals surface area contributed by atoms with E-state index in [1.54, 1.807) is 11.9 Å². The van der Waals surface area contributed by atoms with Gasteiger partial charge in [-0.05, 0) is 26.3 Å². The summed E-state index contributed by atoms with van der Waals surface area (Å²) >= 11 is 0. The van der Waals surface area contributed by atoms with Gasteiger partial charge in [-0.15, -0.1) is 12.4 Å². The molecule has 0 radical (unpaired) electrons. The molecule has 0 spiro atoms. The normalized spacial score (nSPS) is 12.1. The summed E-state index contributed by atoms with van der Waals surface area (Å²) in [5, 5.41) is 11.5. The fourth-order valence-corrected chi connectivity index (χ4v) is 1.84. The maximum Gasteiger partial charge on any atom is 0.304 e. The fraction of sp³-hybridized carbons (Fsp3) is 0.857. The van der Waals surface area contributed by atoms with Gasteiger partial charge in [0, 0.05) is 12.6 Å². The van der Waals surface area contributed by atoms with Gasteiger partial charge < -0.3 is 10.4 Å². The molecule has 0 heterocycles. The molecule has 0 saturated heterocycles. The molecule has 1 atom stereocenters. The van der Waals surface area contributed by atoms with Gasteiger partial charge in [0.2, 0.25) is 5.91 Å². The van der Waals surface area contributed by atoms with Crippen LogP contribution >= 0.6 is 12.4 Å². The van der Waals surface area contributed by atoms with Crippen molar-refractivity contribution in [2.75, 3.05) is 20.1 Å². The number of carbonyl (C=O) groups excluding carboxylic acids is 1. The highest BCUT2D eigenvalue weighted by Gasteiger charge is 2.11. The molecule has 5 nitrogen and oxygen atoms in total. The molecule has 1 unspecified atom stereocenters. The van der Waals surface area contributed by atoms with Gasteiger partial charge in [0.05, 0.1) is 13.0 Å². The second-order valence-electron chi connectivity index (χ2n) is 5.67. The molecule has 6 heteroatoms. The zero-order valence-corrected chi connectivity index (χ0v) is 13.8. The Balaban J connectivity index is 0. The lowest BCUT2D eigenvalue weighted by Crippen LogP contribution is -2.40. The lowest BCUT2D eigenvalue weighted by Gasteiger charge is -2.18. The third-order valence-corrected chi connectivity index (χ3v) is 2.95. The Morgan fingerprint density at radius 1 is 1.20 bits per heavy atom. The number of nitrogens with one attached hydrogen (secondary N) is 1. The van der Waals surface area contributed by atoms with E-state index in [0.717, 1.165) is 12.8 Å². The Kier molecular flexibility index (Phi) is 12.9. The molecule has 1 amide bonds. The number of carboxylic acids is 1. The van der Waals surface area contributed by atoms with Crippen molar-refractivity contribution < 1.29 is 14.7 Å². The molecule has 0 aromatic rings. The fourth-order valence-electron chi connectivity index (χ4n) is 1.84. The minimum Gasteiger partial charge on any atom is -0.481 e. The molecule has 0 fully saturated rings. The zero-order valence-electron chi connectivity index (χ0n) is 13.0. The van der Waals surface area contributed by atoms with Gasteiger partial charge in [0.1, 0.15) is 0 Å². The molecule has 20 heavy (non-hydrogen) atoms. The number of halogens is 1. The van der Waals surface area contributed by atoms with Gasteiger partial charge >= 0.3 is 5.97 Å². The van der Waals surface area contributed by atoms with E-state index in [-0.39, 0.29) is 37.3 Å². The second-order valence-corrected chi connectivity index (χ2v) is 5.67. The molecule has 120 valence electrons. The van der Waals surface area contributed by atoms with Crippen LogP contribution in [0, 0.1) is 5.92 Å². The largest absolute Gasteiger partial charge is 0.481 e. The van der Waals surface area contributed by atoms with E-state index in [1.165, 1.54) is 6.42 Å². The van der Waals surface area contributed by atoms with Gasteiger partial charge in [0.15, 0.2) is 0 Å². The summed E-state index contributed by atoms with van der Waals surface area (Å²) in [7, 11) is 1.76. The minimum absolute atomic E-state index is 0. The maximum absolute atomic E-state index is 11.7. The number of carboxylic acid groups (broad SMARTS) is 1. The minimum atomic E-state index is -0.839. The van der Waals surface area contributed by atoms with Gasteiger partial charge in [0.25, 0.3) is 0 Å². The number of rotatable bonds is 10. The highest BCUT2D eigenvalue weighted by atomic mass is 35.5. The number of hydrogen-bond donors (Lipinski definition) is 2. The Hall–Kier alpha value is -0.810.